The molecule has 504 valence electrons. The minimum Gasteiger partial charge on any atom is -0.462 e. The number of nitrogens with zero attached hydrogens (tertiary/aromatic N) is 2. The number of amides is 9. The number of hydrogen-bond donors (Lipinski definition) is 8. The molecule has 2 fully saturated rings. The zero-order valence-electron chi connectivity index (χ0n) is 54.3. The lowest BCUT2D eigenvalue weighted by Crippen LogP contribution is -2.70. The molecule has 0 spiro atoms. The number of rotatable bonds is 21. The van der Waals surface area contributed by atoms with Gasteiger partial charge in [-0.05, 0) is 145 Å². The molecule has 0 radical (unpaired) electrons. The predicted molar refractivity (Wildman–Crippen MR) is 328 cm³/mol. The number of nitrogens with one attached hydrogen (secondary N) is 7. The zero-order valence-corrected chi connectivity index (χ0v) is 54.3. The Morgan fingerprint density at radius 2 is 1.20 bits per heavy atom. The summed E-state index contributed by atoms with van der Waals surface area (Å²) in [5, 5.41) is 18.0. The van der Waals surface area contributed by atoms with Crippen LogP contribution in [0.2, 0.25) is 0 Å². The first-order chi connectivity index (χ1) is 42.3. The van der Waals surface area contributed by atoms with E-state index in [4.69, 9.17) is 53.1 Å². The Kier molecular flexibility index (Phi) is 27.7. The maximum Gasteiger partial charge on any atom is 0.414 e. The molecule has 9 atom stereocenters. The van der Waals surface area contributed by atoms with Gasteiger partial charge in [0.25, 0.3) is 0 Å². The van der Waals surface area contributed by atoms with E-state index in [9.17, 15) is 47.9 Å². The fourth-order valence-electron chi connectivity index (χ4n) is 8.69. The summed E-state index contributed by atoms with van der Waals surface area (Å²) in [6.07, 6.45) is -7.51. The Balaban J connectivity index is 1.66. The van der Waals surface area contributed by atoms with Crippen molar-refractivity contribution < 1.29 is 95.3 Å². The predicted octanol–water partition coefficient (Wildman–Crippen LogP) is 5.80. The smallest absolute Gasteiger partial charge is 0.414 e. The highest BCUT2D eigenvalue weighted by Gasteiger charge is 2.51. The molecule has 0 unspecified atom stereocenters. The highest BCUT2D eigenvalue weighted by Crippen LogP contribution is 2.31. The summed E-state index contributed by atoms with van der Waals surface area (Å²) in [6.45, 7) is 24.6. The van der Waals surface area contributed by atoms with Crippen LogP contribution in [0.15, 0.2) is 65.7 Å². The van der Waals surface area contributed by atoms with E-state index in [1.807, 2.05) is 0 Å². The average Bonchev–Trinajstić information content (AvgIpc) is 0.847. The fourth-order valence-corrected chi connectivity index (χ4v) is 8.69. The van der Waals surface area contributed by atoms with Crippen molar-refractivity contribution in [3.63, 3.8) is 0 Å². The molecule has 2 aromatic rings. The second-order valence-electron chi connectivity index (χ2n) is 25.1. The Labute approximate surface area is 529 Å². The molecule has 30 heteroatoms. The van der Waals surface area contributed by atoms with Crippen molar-refractivity contribution in [1.82, 2.24) is 42.1 Å². The molecule has 2 heterocycles. The van der Waals surface area contributed by atoms with Crippen LogP contribution >= 0.6 is 0 Å². The number of hydrogen-bond acceptors (Lipinski definition) is 21. The minimum atomic E-state index is -1.66. The molecule has 4 rings (SSSR count). The van der Waals surface area contributed by atoms with Gasteiger partial charge in [-0.3, -0.25) is 25.0 Å². The number of nitrogens with two attached hydrogens (primary N) is 1. The summed E-state index contributed by atoms with van der Waals surface area (Å²) in [7, 11) is 0. The van der Waals surface area contributed by atoms with E-state index in [1.165, 1.54) is 37.3 Å². The number of carbonyl (C=O) groups excluding carboxylic acids is 10. The van der Waals surface area contributed by atoms with Crippen molar-refractivity contribution in [2.24, 2.45) is 10.7 Å². The van der Waals surface area contributed by atoms with E-state index in [-0.39, 0.29) is 24.4 Å². The third-order valence-electron chi connectivity index (χ3n) is 12.2. The van der Waals surface area contributed by atoms with Crippen LogP contribution in [-0.2, 0) is 57.0 Å². The molecular weight excluding hydrogens is 1190 g/mol. The molecule has 0 saturated carbocycles. The highest BCUT2D eigenvalue weighted by atomic mass is 16.7. The van der Waals surface area contributed by atoms with Gasteiger partial charge < -0.3 is 84.6 Å². The van der Waals surface area contributed by atoms with E-state index in [1.54, 1.807) is 124 Å². The molecule has 9 N–H and O–H groups in total. The second-order valence-corrected chi connectivity index (χ2v) is 25.1. The molecule has 2 aromatic carbocycles. The number of urea groups is 2. The largest absolute Gasteiger partial charge is 0.462 e. The van der Waals surface area contributed by atoms with Crippen molar-refractivity contribution in [2.75, 3.05) is 32.8 Å². The summed E-state index contributed by atoms with van der Waals surface area (Å²) >= 11 is 0. The van der Waals surface area contributed by atoms with Crippen LogP contribution in [-0.4, -0.2) is 181 Å². The maximum absolute atomic E-state index is 14.4. The number of alkyl carbamates (subject to hydrolysis) is 3. The van der Waals surface area contributed by atoms with Crippen LogP contribution < -0.4 is 47.7 Å². The average molecular weight is 1280 g/mol. The number of ether oxygens (including phenoxy) is 10. The number of unbranched alkanes of at least 4 members (excludes halogenated alkanes) is 1. The topological polar surface area (TPSA) is 389 Å². The number of esters is 3. The number of primary amides is 1. The lowest BCUT2D eigenvalue weighted by Gasteiger charge is -2.44. The Morgan fingerprint density at radius 3 is 1.76 bits per heavy atom. The van der Waals surface area contributed by atoms with Gasteiger partial charge in [-0.15, -0.1) is 0 Å². The van der Waals surface area contributed by atoms with Crippen molar-refractivity contribution in [3.05, 3.63) is 71.8 Å². The normalized spacial score (nSPS) is 20.8. The molecule has 2 saturated heterocycles. The van der Waals surface area contributed by atoms with Gasteiger partial charge in [0.1, 0.15) is 34.2 Å². The second kappa shape index (κ2) is 33.8. The Bertz CT molecular complexity index is 2850. The highest BCUT2D eigenvalue weighted by molar-refractivity contribution is 6.01. The first-order valence-corrected chi connectivity index (χ1v) is 29.6. The molecule has 0 bridgehead atoms. The van der Waals surface area contributed by atoms with Crippen LogP contribution in [0, 0.1) is 0 Å². The van der Waals surface area contributed by atoms with E-state index < -0.39 is 150 Å². The molecule has 9 amide bonds. The summed E-state index contributed by atoms with van der Waals surface area (Å²) in [6, 6.07) is 7.29. The standard InChI is InChI=1S/C61H90N10O20/c1-35-43(67-53(77)68-48-44(65-51(62)76)46(85-37(3)73)41(34-82-48)84-36(2)72)47(87-49(75)39-22-17-16-18-23-39)45(66-52(69-55(79)89-59(7,8)9)70-56(80)90-60(10,11)12)50(83-35)86-40-27-24-38(25-28-40)26-29-42(74)63-31-21-33-71(57(81)91-61(13,14)15)32-20-19-30-64-54(78)88-58(4,5)6/h16-18,22-29,35,41,43-48,50H,19-21,30-34H2,1-15H3,(H,63,74)(H,64,78)(H3,62,65,76)(H2,67,68,77)(H2,66,69,70,79,80)/b29-26+/t35-,41-,43-,44-,45-,46+,47-,48-,50-/m1/s1. The van der Waals surface area contributed by atoms with Gasteiger partial charge in [0, 0.05) is 46.1 Å². The summed E-state index contributed by atoms with van der Waals surface area (Å²) in [4.78, 5) is 137. The van der Waals surface area contributed by atoms with Gasteiger partial charge in [-0.2, -0.15) is 0 Å². The molecule has 0 aromatic heterocycles. The van der Waals surface area contributed by atoms with Crippen molar-refractivity contribution in [3.8, 4) is 5.75 Å². The van der Waals surface area contributed by atoms with Gasteiger partial charge in [0.05, 0.1) is 24.3 Å². The number of guanidine groups is 1. The lowest BCUT2D eigenvalue weighted by atomic mass is 9.94. The molecule has 91 heavy (non-hydrogen) atoms. The summed E-state index contributed by atoms with van der Waals surface area (Å²) < 4.78 is 57.7. The van der Waals surface area contributed by atoms with E-state index in [0.717, 1.165) is 13.8 Å². The number of benzene rings is 2. The first kappa shape index (κ1) is 74.5. The van der Waals surface area contributed by atoms with Gasteiger partial charge in [-0.1, -0.05) is 30.3 Å². The van der Waals surface area contributed by atoms with E-state index in [2.05, 4.69) is 42.2 Å². The van der Waals surface area contributed by atoms with Crippen LogP contribution in [0.5, 0.6) is 5.75 Å². The summed E-state index contributed by atoms with van der Waals surface area (Å²) in [5.74, 6) is -3.47. The van der Waals surface area contributed by atoms with Gasteiger partial charge in [0.15, 0.2) is 30.6 Å². The monoisotopic (exact) mass is 1280 g/mol. The van der Waals surface area contributed by atoms with E-state index >= 15 is 0 Å². The molecule has 30 nitrogen and oxygen atoms in total. The minimum absolute atomic E-state index is 0.0515. The van der Waals surface area contributed by atoms with Crippen LogP contribution in [0.4, 0.5) is 28.8 Å². The Morgan fingerprint density at radius 1 is 0.637 bits per heavy atom. The quantitative estimate of drug-likeness (QED) is 0.0183. The summed E-state index contributed by atoms with van der Waals surface area (Å²) in [5.41, 5.74) is 2.59. The number of carbonyl (C=O) groups is 10. The van der Waals surface area contributed by atoms with Gasteiger partial charge in [-0.25, -0.2) is 38.6 Å². The van der Waals surface area contributed by atoms with Gasteiger partial charge >= 0.3 is 54.3 Å². The number of aliphatic imine (C=N–C) groups is 1. The third kappa shape index (κ3) is 28.2. The lowest BCUT2D eigenvalue weighted by molar-refractivity contribution is -0.196. The fraction of sp³-hybridized carbons (Fsp3) is 0.590. The molecule has 0 aliphatic carbocycles. The van der Waals surface area contributed by atoms with Gasteiger partial charge in [0.2, 0.25) is 18.2 Å². The van der Waals surface area contributed by atoms with Crippen LogP contribution in [0.3, 0.4) is 0 Å². The molecule has 2 aliphatic heterocycles. The van der Waals surface area contributed by atoms with Crippen LogP contribution in [0.1, 0.15) is 139 Å². The third-order valence-corrected chi connectivity index (χ3v) is 12.2. The zero-order chi connectivity index (χ0) is 68.0. The maximum atomic E-state index is 14.4. The van der Waals surface area contributed by atoms with Crippen molar-refractivity contribution in [1.29, 1.82) is 0 Å². The Hall–Kier alpha value is -8.93. The van der Waals surface area contributed by atoms with E-state index in [0.29, 0.717) is 37.9 Å². The molecular formula is C61H90N10O20. The molecule has 2 aliphatic rings. The van der Waals surface area contributed by atoms with Crippen molar-refractivity contribution in [2.45, 2.75) is 201 Å². The van der Waals surface area contributed by atoms with Crippen LogP contribution in [0.25, 0.3) is 6.08 Å². The SMILES string of the molecule is CC(=O)O[C@@H]1[C@@H](NC(N)=O)[C@H](NC(=O)N[C@H]2[C@@H](OC(=O)c3ccccc3)[C@@H](N=C(NC(=O)OC(C)(C)C)NC(=O)OC(C)(C)C)[C@@H](Oc3ccc(/C=C/C(=O)NCCCN(CCCCNC(=O)OC(C)(C)C)C(=O)OC(C)(C)C)cc3)O[C@@H]2C)OC[C@H]1OC(C)=O. The van der Waals surface area contributed by atoms with Crippen molar-refractivity contribution >= 4 is 72.3 Å². The first-order valence-electron chi connectivity index (χ1n) is 29.6.